The van der Waals surface area contributed by atoms with Crippen LogP contribution in [0.25, 0.3) is 0 Å². The molecular formula is C15H19ClN2O3S. The van der Waals surface area contributed by atoms with Crippen molar-refractivity contribution in [2.45, 2.75) is 6.92 Å². The van der Waals surface area contributed by atoms with E-state index in [1.165, 1.54) is 11.8 Å². The van der Waals surface area contributed by atoms with Gasteiger partial charge in [0, 0.05) is 13.1 Å². The topological polar surface area (TPSA) is 58.6 Å². The van der Waals surface area contributed by atoms with Crippen molar-refractivity contribution in [3.63, 3.8) is 0 Å². The molecule has 0 radical (unpaired) electrons. The van der Waals surface area contributed by atoms with Gasteiger partial charge in [-0.15, -0.1) is 11.8 Å². The molecule has 1 N–H and O–H groups in total. The van der Waals surface area contributed by atoms with Gasteiger partial charge in [0.15, 0.2) is 0 Å². The van der Waals surface area contributed by atoms with Gasteiger partial charge in [-0.3, -0.25) is 9.59 Å². The molecule has 0 aliphatic carbocycles. The number of nitrogens with zero attached hydrogens (tertiary/aromatic N) is 1. The van der Waals surface area contributed by atoms with Crippen LogP contribution in [-0.4, -0.2) is 54.5 Å². The van der Waals surface area contributed by atoms with E-state index < -0.39 is 0 Å². The first kappa shape index (κ1) is 17.1. The van der Waals surface area contributed by atoms with Crippen LogP contribution in [0.5, 0.6) is 0 Å². The molecule has 0 aromatic heterocycles. The largest absolute Gasteiger partial charge is 0.378 e. The van der Waals surface area contributed by atoms with E-state index in [4.69, 9.17) is 16.3 Å². The van der Waals surface area contributed by atoms with Crippen LogP contribution >= 0.6 is 23.4 Å². The van der Waals surface area contributed by atoms with E-state index in [2.05, 4.69) is 5.32 Å². The van der Waals surface area contributed by atoms with E-state index in [0.29, 0.717) is 42.8 Å². The molecule has 22 heavy (non-hydrogen) atoms. The third kappa shape index (κ3) is 5.19. The Labute approximate surface area is 139 Å². The van der Waals surface area contributed by atoms with Gasteiger partial charge < -0.3 is 15.0 Å². The highest BCUT2D eigenvalue weighted by atomic mass is 35.5. The number of rotatable bonds is 5. The van der Waals surface area contributed by atoms with Crippen LogP contribution in [0, 0.1) is 6.92 Å². The third-order valence-electron chi connectivity index (χ3n) is 3.22. The highest BCUT2D eigenvalue weighted by Crippen LogP contribution is 2.22. The Kier molecular flexibility index (Phi) is 6.54. The number of nitrogens with one attached hydrogen (secondary N) is 1. The Morgan fingerprint density at radius 3 is 2.73 bits per heavy atom. The molecule has 5 nitrogen and oxygen atoms in total. The van der Waals surface area contributed by atoms with Crippen molar-refractivity contribution in [2.75, 3.05) is 43.1 Å². The third-order valence-corrected chi connectivity index (χ3v) is 4.45. The van der Waals surface area contributed by atoms with Crippen molar-refractivity contribution >= 4 is 40.9 Å². The summed E-state index contributed by atoms with van der Waals surface area (Å²) in [5.41, 5.74) is 1.63. The van der Waals surface area contributed by atoms with Crippen LogP contribution in [0.4, 0.5) is 5.69 Å². The van der Waals surface area contributed by atoms with Crippen molar-refractivity contribution in [1.82, 2.24) is 4.90 Å². The van der Waals surface area contributed by atoms with Crippen LogP contribution < -0.4 is 5.32 Å². The summed E-state index contributed by atoms with van der Waals surface area (Å²) in [5.74, 6) is 0.412. The molecule has 1 heterocycles. The molecule has 2 rings (SSSR count). The molecule has 1 aromatic rings. The number of hydrogen-bond donors (Lipinski definition) is 1. The number of amides is 2. The number of morpholine rings is 1. The van der Waals surface area contributed by atoms with Gasteiger partial charge in [-0.1, -0.05) is 17.7 Å². The number of thioether (sulfide) groups is 1. The molecule has 1 aromatic carbocycles. The van der Waals surface area contributed by atoms with Gasteiger partial charge in [-0.25, -0.2) is 0 Å². The summed E-state index contributed by atoms with van der Waals surface area (Å²) in [4.78, 5) is 25.6. The number of ether oxygens (including phenoxy) is 1. The lowest BCUT2D eigenvalue weighted by atomic mass is 10.2. The van der Waals surface area contributed by atoms with Crippen molar-refractivity contribution < 1.29 is 14.3 Å². The van der Waals surface area contributed by atoms with E-state index in [-0.39, 0.29) is 17.6 Å². The molecule has 1 aliphatic heterocycles. The zero-order valence-corrected chi connectivity index (χ0v) is 14.0. The summed E-state index contributed by atoms with van der Waals surface area (Å²) in [6, 6.07) is 5.46. The van der Waals surface area contributed by atoms with Crippen LogP contribution in [0.2, 0.25) is 5.02 Å². The number of carbonyl (C=O) groups is 2. The van der Waals surface area contributed by atoms with Gasteiger partial charge in [0.1, 0.15) is 0 Å². The first-order valence-electron chi connectivity index (χ1n) is 7.05. The first-order valence-corrected chi connectivity index (χ1v) is 8.59. The normalized spacial score (nSPS) is 14.7. The van der Waals surface area contributed by atoms with Crippen molar-refractivity contribution in [1.29, 1.82) is 0 Å². The van der Waals surface area contributed by atoms with Crippen molar-refractivity contribution in [3.05, 3.63) is 28.8 Å². The molecular weight excluding hydrogens is 324 g/mol. The molecule has 7 heteroatoms. The van der Waals surface area contributed by atoms with E-state index in [0.717, 1.165) is 5.56 Å². The Balaban J connectivity index is 1.72. The number of aryl methyl sites for hydroxylation is 1. The second-order valence-corrected chi connectivity index (χ2v) is 6.41. The number of carbonyl (C=O) groups excluding carboxylic acids is 2. The van der Waals surface area contributed by atoms with Gasteiger partial charge in [0.05, 0.1) is 35.4 Å². The molecule has 0 saturated carbocycles. The molecule has 0 bridgehead atoms. The number of halogens is 1. The Bertz CT molecular complexity index is 548. The second kappa shape index (κ2) is 8.41. The zero-order chi connectivity index (χ0) is 15.9. The average Bonchev–Trinajstić information content (AvgIpc) is 2.51. The molecule has 2 amide bonds. The fourth-order valence-corrected chi connectivity index (χ4v) is 3.04. The predicted molar refractivity (Wildman–Crippen MR) is 89.5 cm³/mol. The minimum Gasteiger partial charge on any atom is -0.378 e. The SMILES string of the molecule is Cc1ccc(NC(=O)CSCC(=O)N2CCOCC2)c(Cl)c1. The predicted octanol–water partition coefficient (Wildman–Crippen LogP) is 2.18. The summed E-state index contributed by atoms with van der Waals surface area (Å²) in [7, 11) is 0. The minimum atomic E-state index is -0.162. The zero-order valence-electron chi connectivity index (χ0n) is 12.4. The summed E-state index contributed by atoms with van der Waals surface area (Å²) in [6.07, 6.45) is 0. The van der Waals surface area contributed by atoms with E-state index in [1.54, 1.807) is 17.0 Å². The van der Waals surface area contributed by atoms with E-state index in [9.17, 15) is 9.59 Å². The van der Waals surface area contributed by atoms with Crippen molar-refractivity contribution in [2.24, 2.45) is 0 Å². The molecule has 1 fully saturated rings. The van der Waals surface area contributed by atoms with Gasteiger partial charge in [0.2, 0.25) is 11.8 Å². The summed E-state index contributed by atoms with van der Waals surface area (Å²) in [5, 5.41) is 3.27. The van der Waals surface area contributed by atoms with Crippen LogP contribution in [0.1, 0.15) is 5.56 Å². The molecule has 0 spiro atoms. The molecule has 1 aliphatic rings. The standard InChI is InChI=1S/C15H19ClN2O3S/c1-11-2-3-13(12(16)8-11)17-14(19)9-22-10-15(20)18-4-6-21-7-5-18/h2-3,8H,4-7,9-10H2,1H3,(H,17,19). The van der Waals surface area contributed by atoms with Crippen molar-refractivity contribution in [3.8, 4) is 0 Å². The summed E-state index contributed by atoms with van der Waals surface area (Å²) < 4.78 is 5.20. The monoisotopic (exact) mass is 342 g/mol. The fourth-order valence-electron chi connectivity index (χ4n) is 2.04. The maximum atomic E-state index is 11.9. The van der Waals surface area contributed by atoms with E-state index in [1.807, 2.05) is 13.0 Å². The second-order valence-electron chi connectivity index (χ2n) is 5.02. The number of anilines is 1. The highest BCUT2D eigenvalue weighted by Gasteiger charge is 2.17. The fraction of sp³-hybridized carbons (Fsp3) is 0.467. The number of benzene rings is 1. The molecule has 0 atom stereocenters. The maximum absolute atomic E-state index is 11.9. The van der Waals surface area contributed by atoms with Gasteiger partial charge in [-0.05, 0) is 24.6 Å². The lowest BCUT2D eigenvalue weighted by Gasteiger charge is -2.26. The van der Waals surface area contributed by atoms with Crippen LogP contribution in [0.3, 0.4) is 0 Å². The number of hydrogen-bond acceptors (Lipinski definition) is 4. The maximum Gasteiger partial charge on any atom is 0.234 e. The minimum absolute atomic E-state index is 0.0504. The lowest BCUT2D eigenvalue weighted by molar-refractivity contribution is -0.132. The highest BCUT2D eigenvalue weighted by molar-refractivity contribution is 8.00. The quantitative estimate of drug-likeness (QED) is 0.891. The Morgan fingerprint density at radius 1 is 1.32 bits per heavy atom. The molecule has 120 valence electrons. The molecule has 1 saturated heterocycles. The van der Waals surface area contributed by atoms with Crippen LogP contribution in [0.15, 0.2) is 18.2 Å². The van der Waals surface area contributed by atoms with Gasteiger partial charge >= 0.3 is 0 Å². The van der Waals surface area contributed by atoms with Gasteiger partial charge in [-0.2, -0.15) is 0 Å². The molecule has 0 unspecified atom stereocenters. The summed E-state index contributed by atoms with van der Waals surface area (Å²) in [6.45, 7) is 4.37. The van der Waals surface area contributed by atoms with Crippen LogP contribution in [-0.2, 0) is 14.3 Å². The average molecular weight is 343 g/mol. The van der Waals surface area contributed by atoms with Gasteiger partial charge in [0.25, 0.3) is 0 Å². The first-order chi connectivity index (χ1) is 10.6. The summed E-state index contributed by atoms with van der Waals surface area (Å²) >= 11 is 7.37. The van der Waals surface area contributed by atoms with E-state index >= 15 is 0 Å². The Hall–Kier alpha value is -1.24. The lowest BCUT2D eigenvalue weighted by Crippen LogP contribution is -2.41. The smallest absolute Gasteiger partial charge is 0.234 e. The Morgan fingerprint density at radius 2 is 2.05 bits per heavy atom.